The van der Waals surface area contributed by atoms with Crippen molar-refractivity contribution in [3.8, 4) is 17.5 Å². The van der Waals surface area contributed by atoms with Crippen LogP contribution in [0.15, 0.2) is 24.3 Å². The Morgan fingerprint density at radius 1 is 1.58 bits per heavy atom. The number of hydrogen-bond donors (Lipinski definition) is 2. The predicted molar refractivity (Wildman–Crippen MR) is 92.5 cm³/mol. The van der Waals surface area contributed by atoms with E-state index in [1.807, 2.05) is 35.8 Å². The molecule has 1 aliphatic rings. The summed E-state index contributed by atoms with van der Waals surface area (Å²) in [6.45, 7) is 2.44. The first kappa shape index (κ1) is 16.4. The highest BCUT2D eigenvalue weighted by atomic mass is 32.1. The van der Waals surface area contributed by atoms with E-state index in [2.05, 4.69) is 21.6 Å². The number of carbonyl (C=O) groups is 1. The quantitative estimate of drug-likeness (QED) is 0.791. The fourth-order valence-corrected chi connectivity index (χ4v) is 2.90. The molecule has 24 heavy (non-hydrogen) atoms. The summed E-state index contributed by atoms with van der Waals surface area (Å²) in [7, 11) is 0. The fraction of sp³-hybridized carbons (Fsp3) is 0.412. The van der Waals surface area contributed by atoms with E-state index >= 15 is 0 Å². The summed E-state index contributed by atoms with van der Waals surface area (Å²) in [4.78, 5) is 12.1. The van der Waals surface area contributed by atoms with Gasteiger partial charge in [0.15, 0.2) is 10.6 Å². The maximum Gasteiger partial charge on any atom is 0.222 e. The van der Waals surface area contributed by atoms with Crippen LogP contribution >= 0.6 is 12.2 Å². The molecule has 7 heteroatoms. The molecule has 0 spiro atoms. The number of benzene rings is 1. The third kappa shape index (κ3) is 3.71. The van der Waals surface area contributed by atoms with Crippen LogP contribution in [-0.4, -0.2) is 26.7 Å². The average molecular weight is 341 g/mol. The second-order valence-electron chi connectivity index (χ2n) is 6.14. The average Bonchev–Trinajstić information content (AvgIpc) is 3.34. The maximum absolute atomic E-state index is 12.1. The molecule has 1 atom stereocenters. The van der Waals surface area contributed by atoms with Gasteiger partial charge in [0.05, 0.1) is 6.07 Å². The lowest BCUT2D eigenvalue weighted by Gasteiger charge is -2.11. The molecule has 2 N–H and O–H groups in total. The van der Waals surface area contributed by atoms with Crippen molar-refractivity contribution in [1.29, 1.82) is 5.26 Å². The van der Waals surface area contributed by atoms with Crippen LogP contribution in [0, 0.1) is 28.9 Å². The van der Waals surface area contributed by atoms with Crippen molar-refractivity contribution in [1.82, 2.24) is 20.1 Å². The van der Waals surface area contributed by atoms with E-state index < -0.39 is 0 Å². The van der Waals surface area contributed by atoms with E-state index in [1.54, 1.807) is 0 Å². The Labute approximate surface area is 145 Å². The largest absolute Gasteiger partial charge is 0.340 e. The van der Waals surface area contributed by atoms with Gasteiger partial charge < -0.3 is 5.32 Å². The van der Waals surface area contributed by atoms with Gasteiger partial charge in [-0.2, -0.15) is 10.4 Å². The summed E-state index contributed by atoms with van der Waals surface area (Å²) < 4.78 is 2.31. The standard InChI is InChI=1S/C17H19N5OS/c1-11-3-2-4-13(9-11)16-20-21-17(24)22(16)8-7-15(23)19-14(10-18)12-5-6-12/h2-4,9,12,14H,5-8H2,1H3,(H,19,23)(H,21,24)/t14-/m0/s1. The number of rotatable bonds is 6. The lowest BCUT2D eigenvalue weighted by molar-refractivity contribution is -0.121. The van der Waals surface area contributed by atoms with Crippen LogP contribution in [0.5, 0.6) is 0 Å². The lowest BCUT2D eigenvalue weighted by Crippen LogP contribution is -2.35. The van der Waals surface area contributed by atoms with E-state index in [0.717, 1.165) is 29.8 Å². The van der Waals surface area contributed by atoms with E-state index in [0.29, 0.717) is 17.2 Å². The van der Waals surface area contributed by atoms with Gasteiger partial charge in [0.1, 0.15) is 6.04 Å². The Morgan fingerprint density at radius 2 is 2.38 bits per heavy atom. The van der Waals surface area contributed by atoms with E-state index in [4.69, 9.17) is 17.5 Å². The molecular formula is C17H19N5OS. The molecule has 124 valence electrons. The van der Waals surface area contributed by atoms with Crippen LogP contribution in [-0.2, 0) is 11.3 Å². The number of hydrogen-bond acceptors (Lipinski definition) is 4. The zero-order chi connectivity index (χ0) is 17.1. The van der Waals surface area contributed by atoms with Crippen molar-refractivity contribution < 1.29 is 4.79 Å². The van der Waals surface area contributed by atoms with Crippen molar-refractivity contribution in [2.24, 2.45) is 5.92 Å². The molecule has 3 rings (SSSR count). The van der Waals surface area contributed by atoms with Gasteiger partial charge in [0.2, 0.25) is 5.91 Å². The number of nitriles is 1. The predicted octanol–water partition coefficient (Wildman–Crippen LogP) is 2.72. The van der Waals surface area contributed by atoms with Crippen LogP contribution in [0.3, 0.4) is 0 Å². The molecule has 1 saturated carbocycles. The number of H-pyrrole nitrogens is 1. The van der Waals surface area contributed by atoms with Gasteiger partial charge >= 0.3 is 0 Å². The first-order valence-electron chi connectivity index (χ1n) is 7.99. The van der Waals surface area contributed by atoms with Crippen molar-refractivity contribution in [3.63, 3.8) is 0 Å². The maximum atomic E-state index is 12.1. The minimum atomic E-state index is -0.369. The molecule has 1 fully saturated rings. The first-order valence-corrected chi connectivity index (χ1v) is 8.40. The summed E-state index contributed by atoms with van der Waals surface area (Å²) in [5.41, 5.74) is 2.09. The normalized spacial score (nSPS) is 14.8. The van der Waals surface area contributed by atoms with Gasteiger partial charge in [-0.3, -0.25) is 14.5 Å². The molecule has 1 heterocycles. The number of carbonyl (C=O) groups excluding carboxylic acids is 1. The van der Waals surface area contributed by atoms with Crippen LogP contribution in [0.4, 0.5) is 0 Å². The Bertz CT molecular complexity index is 843. The summed E-state index contributed by atoms with van der Waals surface area (Å²) >= 11 is 5.28. The smallest absolute Gasteiger partial charge is 0.222 e. The van der Waals surface area contributed by atoms with E-state index in [9.17, 15) is 4.79 Å². The van der Waals surface area contributed by atoms with Gasteiger partial charge in [-0.1, -0.05) is 23.8 Å². The van der Waals surface area contributed by atoms with Crippen molar-refractivity contribution in [2.45, 2.75) is 38.8 Å². The zero-order valence-electron chi connectivity index (χ0n) is 13.5. The Kier molecular flexibility index (Phi) is 4.76. The lowest BCUT2D eigenvalue weighted by atomic mass is 10.1. The highest BCUT2D eigenvalue weighted by Gasteiger charge is 2.32. The van der Waals surface area contributed by atoms with Gasteiger partial charge in [-0.15, -0.1) is 0 Å². The van der Waals surface area contributed by atoms with E-state index in [1.165, 1.54) is 0 Å². The Balaban J connectivity index is 1.69. The van der Waals surface area contributed by atoms with Crippen LogP contribution in [0.1, 0.15) is 24.8 Å². The van der Waals surface area contributed by atoms with Crippen molar-refractivity contribution >= 4 is 18.1 Å². The minimum absolute atomic E-state index is 0.133. The Hall–Kier alpha value is -2.46. The molecular weight excluding hydrogens is 322 g/mol. The van der Waals surface area contributed by atoms with Crippen molar-refractivity contribution in [2.75, 3.05) is 0 Å². The molecule has 1 aromatic carbocycles. The molecule has 1 aliphatic carbocycles. The SMILES string of the molecule is Cc1cccc(-c2n[nH]c(=S)n2CCC(=O)N[C@@H](C#N)C2CC2)c1. The first-order chi connectivity index (χ1) is 11.6. The zero-order valence-corrected chi connectivity index (χ0v) is 14.3. The molecule has 0 radical (unpaired) electrons. The molecule has 0 aliphatic heterocycles. The molecule has 1 aromatic heterocycles. The number of aromatic amines is 1. The molecule has 1 amide bonds. The van der Waals surface area contributed by atoms with Crippen molar-refractivity contribution in [3.05, 3.63) is 34.6 Å². The molecule has 2 aromatic rings. The number of aromatic nitrogens is 3. The second kappa shape index (κ2) is 6.97. The summed E-state index contributed by atoms with van der Waals surface area (Å²) in [6, 6.07) is 9.77. The summed E-state index contributed by atoms with van der Waals surface area (Å²) in [5, 5.41) is 19.0. The van der Waals surface area contributed by atoms with Crippen LogP contribution < -0.4 is 5.32 Å². The van der Waals surface area contributed by atoms with Crippen LogP contribution in [0.2, 0.25) is 0 Å². The number of nitrogens with zero attached hydrogens (tertiary/aromatic N) is 3. The van der Waals surface area contributed by atoms with Gasteiger partial charge in [0, 0.05) is 18.5 Å². The second-order valence-corrected chi connectivity index (χ2v) is 6.52. The summed E-state index contributed by atoms with van der Waals surface area (Å²) in [5.74, 6) is 0.903. The minimum Gasteiger partial charge on any atom is -0.340 e. The highest BCUT2D eigenvalue weighted by molar-refractivity contribution is 7.71. The molecule has 0 bridgehead atoms. The van der Waals surface area contributed by atoms with Crippen LogP contribution in [0.25, 0.3) is 11.4 Å². The number of nitrogens with one attached hydrogen (secondary N) is 2. The number of amides is 1. The third-order valence-corrected chi connectivity index (χ3v) is 4.46. The van der Waals surface area contributed by atoms with E-state index in [-0.39, 0.29) is 18.4 Å². The molecule has 6 nitrogen and oxygen atoms in total. The van der Waals surface area contributed by atoms with Gasteiger partial charge in [0.25, 0.3) is 0 Å². The molecule has 0 saturated heterocycles. The fourth-order valence-electron chi connectivity index (χ4n) is 2.67. The monoisotopic (exact) mass is 341 g/mol. The third-order valence-electron chi connectivity index (χ3n) is 4.15. The number of aryl methyl sites for hydroxylation is 1. The topological polar surface area (TPSA) is 86.5 Å². The van der Waals surface area contributed by atoms with Gasteiger partial charge in [-0.05, 0) is 44.0 Å². The molecule has 0 unspecified atom stereocenters. The summed E-state index contributed by atoms with van der Waals surface area (Å²) in [6.07, 6.45) is 2.29. The van der Waals surface area contributed by atoms with Gasteiger partial charge in [-0.25, -0.2) is 0 Å². The Morgan fingerprint density at radius 3 is 3.04 bits per heavy atom. The highest BCUT2D eigenvalue weighted by Crippen LogP contribution is 2.32.